The van der Waals surface area contributed by atoms with E-state index in [4.69, 9.17) is 20.7 Å². The first-order chi connectivity index (χ1) is 37.2. The Morgan fingerprint density at radius 3 is 1.24 bits per heavy atom. The number of ether oxygens (including phenoxy) is 1. The van der Waals surface area contributed by atoms with Crippen LogP contribution in [-0.4, -0.2) is 75.3 Å². The van der Waals surface area contributed by atoms with Crippen LogP contribution in [0.15, 0.2) is 120 Å². The van der Waals surface area contributed by atoms with Crippen molar-refractivity contribution < 1.29 is 52.1 Å². The highest BCUT2D eigenvalue weighted by molar-refractivity contribution is 7.78. The molecule has 0 aliphatic carbocycles. The topological polar surface area (TPSA) is 374 Å². The maximum Gasteiger partial charge on any atom is 0.335 e. The largest absolute Gasteiger partial charge is 0.478 e. The molecule has 11 N–H and O–H groups in total. The van der Waals surface area contributed by atoms with Gasteiger partial charge in [-0.05, 0) is 72.4 Å². The highest BCUT2D eigenvalue weighted by atomic mass is 32.1. The molecule has 0 aliphatic rings. The molecule has 0 unspecified atom stereocenters. The number of hydrogen-bond acceptors (Lipinski definition) is 16. The van der Waals surface area contributed by atoms with Crippen LogP contribution in [0.4, 0.5) is 13.2 Å². The van der Waals surface area contributed by atoms with Gasteiger partial charge in [0.05, 0.1) is 5.56 Å². The molecule has 6 rings (SSSR count). The number of carbonyl (C=O) groups is 5. The fourth-order valence-electron chi connectivity index (χ4n) is 6.29. The van der Waals surface area contributed by atoms with Crippen molar-refractivity contribution in [2.24, 2.45) is 5.73 Å². The molecule has 0 bridgehead atoms. The van der Waals surface area contributed by atoms with Gasteiger partial charge in [-0.15, -0.1) is 0 Å². The van der Waals surface area contributed by atoms with E-state index in [1.807, 2.05) is 0 Å². The Bertz CT molecular complexity index is 3330. The van der Waals surface area contributed by atoms with Gasteiger partial charge in [-0.25, -0.2) is 19.2 Å². The summed E-state index contributed by atoms with van der Waals surface area (Å²) in [5, 5.41) is 22.5. The summed E-state index contributed by atoms with van der Waals surface area (Å²) >= 11 is 7.21. The Morgan fingerprint density at radius 2 is 0.897 bits per heavy atom. The van der Waals surface area contributed by atoms with Crippen LogP contribution in [0.5, 0.6) is 5.75 Å². The minimum Gasteiger partial charge on any atom is -0.478 e. The van der Waals surface area contributed by atoms with Crippen molar-refractivity contribution in [2.45, 2.75) is 77.8 Å². The highest BCUT2D eigenvalue weighted by Crippen LogP contribution is 2.12. The molecular formula is C48H54F3N11O14S2. The van der Waals surface area contributed by atoms with Crippen molar-refractivity contribution in [3.8, 4) is 5.75 Å². The number of carboxylic acid groups (broad SMARTS) is 1. The minimum absolute atomic E-state index is 0.0207. The lowest BCUT2D eigenvalue weighted by molar-refractivity contribution is -0.122. The second kappa shape index (κ2) is 33.3. The van der Waals surface area contributed by atoms with E-state index in [1.165, 1.54) is 0 Å². The van der Waals surface area contributed by atoms with Gasteiger partial charge in [0.25, 0.3) is 22.6 Å². The predicted octanol–water partition coefficient (Wildman–Crippen LogP) is 0.708. The lowest BCUT2D eigenvalue weighted by atomic mass is 10.1. The number of rotatable bonds is 21. The third-order valence-electron chi connectivity index (χ3n) is 10.4. The maximum atomic E-state index is 13.1. The van der Waals surface area contributed by atoms with Crippen LogP contribution in [0.1, 0.15) is 75.9 Å². The molecule has 0 spiro atoms. The summed E-state index contributed by atoms with van der Waals surface area (Å²) in [6.45, 7) is 0.473. The van der Waals surface area contributed by atoms with Gasteiger partial charge in [0.1, 0.15) is 5.75 Å². The van der Waals surface area contributed by atoms with Gasteiger partial charge in [-0.3, -0.25) is 52.0 Å². The standard InChI is InChI=1S/C16H17FN4O4S.C16H18FN3O5.C8H10FN3O3S.C8H9NO2/c17-12-9-19-16(25)21(15(12)24)7-1-2-13(22)18-8-10-3-5-11(6-4-10)14(23)20-26;17-13-9-19-16(24)20(15(13)23)7-1-2-14(22)18-8-11-3-5-12(6-4-11)25-10-21;9-5-4-10-8(15)12(7(5)14)3-1-2-6(13)11-16;9-5-6-1-3-7(4-2-6)8(10)11/h3-6,9,26H,1-2,7-8H2,(H,18,22)(H,19,25)(H,20,23);3-6,9,21H,1-2,7-8,10H2,(H,18,22)(H,19,24);4,16H,1-3H2,(H,10,15)(H,11,13);1-4H,5,9H2,(H,10,11). The number of carboxylic acids is 1. The van der Waals surface area contributed by atoms with Crippen molar-refractivity contribution in [3.05, 3.63) is 199 Å². The number of thiol groups is 2. The van der Waals surface area contributed by atoms with E-state index >= 15 is 0 Å². The molecule has 3 heterocycles. The van der Waals surface area contributed by atoms with E-state index in [0.29, 0.717) is 57.7 Å². The molecule has 0 fully saturated rings. The van der Waals surface area contributed by atoms with Gasteiger partial charge in [0.2, 0.25) is 35.2 Å². The summed E-state index contributed by atoms with van der Waals surface area (Å²) in [4.78, 5) is 131. The molecule has 0 atom stereocenters. The number of aliphatic hydroxyl groups is 1. The van der Waals surface area contributed by atoms with Crippen LogP contribution in [-0.2, 0) is 53.7 Å². The Balaban J connectivity index is 0.000000286. The van der Waals surface area contributed by atoms with Crippen LogP contribution in [0.2, 0.25) is 0 Å². The van der Waals surface area contributed by atoms with E-state index in [-0.39, 0.29) is 88.3 Å². The molecule has 0 saturated carbocycles. The zero-order chi connectivity index (χ0) is 57.7. The molecule has 25 nitrogen and oxygen atoms in total. The minimum atomic E-state index is -1.05. The summed E-state index contributed by atoms with van der Waals surface area (Å²) in [6.07, 6.45) is 3.08. The number of nitrogens with zero attached hydrogens (tertiary/aromatic N) is 3. The van der Waals surface area contributed by atoms with Gasteiger partial charge < -0.3 is 51.0 Å². The number of amides is 4. The van der Waals surface area contributed by atoms with E-state index < -0.39 is 64.0 Å². The molecule has 6 aromatic rings. The smallest absolute Gasteiger partial charge is 0.335 e. The normalized spacial score (nSPS) is 10.2. The van der Waals surface area contributed by atoms with Crippen molar-refractivity contribution in [1.29, 1.82) is 0 Å². The maximum absolute atomic E-state index is 13.1. The van der Waals surface area contributed by atoms with Crippen LogP contribution < -0.4 is 64.3 Å². The summed E-state index contributed by atoms with van der Waals surface area (Å²) in [7, 11) is 0. The molecule has 30 heteroatoms. The lowest BCUT2D eigenvalue weighted by Crippen LogP contribution is -2.36. The highest BCUT2D eigenvalue weighted by Gasteiger charge is 2.12. The fraction of sp³-hybridized carbons (Fsp3) is 0.271. The first-order valence-corrected chi connectivity index (χ1v) is 23.9. The second-order valence-electron chi connectivity index (χ2n) is 15.9. The van der Waals surface area contributed by atoms with Crippen LogP contribution in [0.25, 0.3) is 0 Å². The third-order valence-corrected chi connectivity index (χ3v) is 10.9. The number of nitrogens with one attached hydrogen (secondary N) is 7. The summed E-state index contributed by atoms with van der Waals surface area (Å²) in [5.41, 5.74) is 3.51. The first-order valence-electron chi connectivity index (χ1n) is 23.0. The molecule has 418 valence electrons. The van der Waals surface area contributed by atoms with E-state index in [0.717, 1.165) is 21.3 Å². The van der Waals surface area contributed by atoms with Crippen molar-refractivity contribution >= 4 is 55.2 Å². The average Bonchev–Trinajstić information content (AvgIpc) is 3.45. The van der Waals surface area contributed by atoms with Crippen molar-refractivity contribution in [3.63, 3.8) is 0 Å². The number of hydrogen-bond donors (Lipinski definition) is 12. The Morgan fingerprint density at radius 1 is 0.538 bits per heavy atom. The van der Waals surface area contributed by atoms with E-state index in [1.54, 1.807) is 72.8 Å². The van der Waals surface area contributed by atoms with E-state index in [9.17, 15) is 65.9 Å². The van der Waals surface area contributed by atoms with Gasteiger partial charge >= 0.3 is 23.0 Å². The fourth-order valence-corrected chi connectivity index (χ4v) is 6.54. The summed E-state index contributed by atoms with van der Waals surface area (Å²) < 4.78 is 50.4. The van der Waals surface area contributed by atoms with Crippen LogP contribution in [0.3, 0.4) is 0 Å². The molecule has 3 aromatic carbocycles. The van der Waals surface area contributed by atoms with Crippen molar-refractivity contribution in [2.75, 3.05) is 6.79 Å². The van der Waals surface area contributed by atoms with Gasteiger partial charge in [0, 0.05) is 82.7 Å². The number of nitrogens with two attached hydrogens (primary N) is 1. The van der Waals surface area contributed by atoms with Gasteiger partial charge in [-0.2, -0.15) is 13.2 Å². The van der Waals surface area contributed by atoms with Crippen LogP contribution in [0, 0.1) is 17.5 Å². The zero-order valence-corrected chi connectivity index (χ0v) is 42.9. The molecular weight excluding hydrogens is 1080 g/mol. The number of aromatic carboxylic acids is 1. The number of H-pyrrole nitrogens is 3. The number of aromatic nitrogens is 6. The number of aliphatic hydroxyl groups excluding tert-OH is 1. The molecule has 4 amide bonds. The first kappa shape index (κ1) is 63.6. The Kier molecular flexibility index (Phi) is 27.2. The monoisotopic (exact) mass is 1130 g/mol. The number of halogens is 3. The Hall–Kier alpha value is -8.74. The number of aromatic amines is 3. The SMILES string of the molecule is NCc1ccc(C(=O)O)cc1.O=C(CCCn1c(=O)[nH]cc(F)c1=O)NCc1ccc(C(=O)NS)cc1.O=C(CCCn1c(=O)[nH]cc(F)c1=O)NCc1ccc(OCO)cc1.O=C(CCCn1c(=O)[nH]cc(F)c1=O)NS. The molecule has 0 aliphatic heterocycles. The second-order valence-corrected chi connectivity index (χ2v) is 16.3. The molecule has 0 radical (unpaired) electrons. The predicted molar refractivity (Wildman–Crippen MR) is 281 cm³/mol. The summed E-state index contributed by atoms with van der Waals surface area (Å²) in [5.74, 6) is -4.70. The van der Waals surface area contributed by atoms with Gasteiger partial charge in [0.15, 0.2) is 6.79 Å². The molecule has 0 saturated heterocycles. The third kappa shape index (κ3) is 21.5. The lowest BCUT2D eigenvalue weighted by Gasteiger charge is -2.07. The zero-order valence-electron chi connectivity index (χ0n) is 41.1. The number of benzene rings is 3. The van der Waals surface area contributed by atoms with E-state index in [2.05, 4.69) is 60.7 Å². The Labute approximate surface area is 449 Å². The average molecular weight is 1130 g/mol. The van der Waals surface area contributed by atoms with Gasteiger partial charge in [-0.1, -0.05) is 62.0 Å². The van der Waals surface area contributed by atoms with Crippen LogP contribution >= 0.6 is 25.6 Å². The van der Waals surface area contributed by atoms with Crippen molar-refractivity contribution in [1.82, 2.24) is 48.7 Å². The quantitative estimate of drug-likeness (QED) is 0.0349. The summed E-state index contributed by atoms with van der Waals surface area (Å²) in [6, 6.07) is 20.0. The molecule has 78 heavy (non-hydrogen) atoms. The molecule has 3 aromatic heterocycles. The number of carbonyl (C=O) groups excluding carboxylic acids is 4.